The fourth-order valence-corrected chi connectivity index (χ4v) is 4.42. The van der Waals surface area contributed by atoms with Crippen LogP contribution in [0.3, 0.4) is 0 Å². The molecule has 0 saturated carbocycles. The van der Waals surface area contributed by atoms with E-state index in [2.05, 4.69) is 12.1 Å². The minimum Gasteiger partial charge on any atom is -0.539 e. The molecule has 3 heteroatoms. The molecule has 146 valence electrons. The standard InChI is InChI=1S/C27H21NO2/c1-18-11-14-21(15-12-18)28-25(27(29)30)17-24(19-7-3-2-4-8-19)23-16-13-20-9-5-6-10-22(20)26(23)28/h2-12,14-15,17H,13,16H2,1H3. The minimum atomic E-state index is -1.18. The van der Waals surface area contributed by atoms with Gasteiger partial charge in [-0.3, -0.25) is 0 Å². The van der Waals surface area contributed by atoms with E-state index in [1.54, 1.807) is 6.07 Å². The van der Waals surface area contributed by atoms with Crippen LogP contribution in [0.5, 0.6) is 0 Å². The molecule has 3 aromatic carbocycles. The Morgan fingerprint density at radius 3 is 2.27 bits per heavy atom. The number of carboxylic acid groups (broad SMARTS) is 1. The van der Waals surface area contributed by atoms with Gasteiger partial charge in [-0.2, -0.15) is 4.57 Å². The molecule has 1 aliphatic carbocycles. The van der Waals surface area contributed by atoms with Gasteiger partial charge in [-0.25, -0.2) is 0 Å². The van der Waals surface area contributed by atoms with Crippen LogP contribution in [-0.2, 0) is 12.8 Å². The maximum Gasteiger partial charge on any atom is 0.235 e. The maximum absolute atomic E-state index is 12.3. The minimum absolute atomic E-state index is 0.160. The Morgan fingerprint density at radius 2 is 1.53 bits per heavy atom. The summed E-state index contributed by atoms with van der Waals surface area (Å²) in [5.41, 5.74) is 8.53. The van der Waals surface area contributed by atoms with Crippen molar-refractivity contribution in [3.05, 3.63) is 107 Å². The molecule has 4 aromatic rings. The van der Waals surface area contributed by atoms with E-state index in [0.717, 1.165) is 46.5 Å². The van der Waals surface area contributed by atoms with Crippen LogP contribution in [0, 0.1) is 6.92 Å². The fraction of sp³-hybridized carbons (Fsp3) is 0.111. The summed E-state index contributed by atoms with van der Waals surface area (Å²) in [7, 11) is 0. The lowest BCUT2D eigenvalue weighted by Gasteiger charge is -2.22. The second kappa shape index (κ2) is 7.27. The van der Waals surface area contributed by atoms with E-state index in [1.165, 1.54) is 11.1 Å². The van der Waals surface area contributed by atoms with Gasteiger partial charge in [-0.05, 0) is 42.5 Å². The Bertz CT molecular complexity index is 1260. The van der Waals surface area contributed by atoms with Gasteiger partial charge in [0.05, 0.1) is 5.56 Å². The normalized spacial score (nSPS) is 12.2. The highest BCUT2D eigenvalue weighted by Gasteiger charge is 2.32. The molecule has 0 aliphatic heterocycles. The summed E-state index contributed by atoms with van der Waals surface area (Å²) in [5, 5.41) is 12.3. The van der Waals surface area contributed by atoms with Crippen molar-refractivity contribution in [3.8, 4) is 28.1 Å². The average molecular weight is 391 g/mol. The monoisotopic (exact) mass is 391 g/mol. The average Bonchev–Trinajstić information content (AvgIpc) is 2.79. The zero-order valence-corrected chi connectivity index (χ0v) is 16.8. The molecule has 3 nitrogen and oxygen atoms in total. The second-order valence-electron chi connectivity index (χ2n) is 7.75. The molecule has 1 heterocycles. The number of fused-ring (bicyclic) bond motifs is 3. The Morgan fingerprint density at radius 1 is 0.833 bits per heavy atom. The third-order valence-electron chi connectivity index (χ3n) is 5.86. The molecule has 1 aliphatic rings. The van der Waals surface area contributed by atoms with Gasteiger partial charge < -0.3 is 9.90 Å². The lowest BCUT2D eigenvalue weighted by molar-refractivity contribution is -0.590. The first-order chi connectivity index (χ1) is 14.6. The zero-order valence-electron chi connectivity index (χ0n) is 16.8. The van der Waals surface area contributed by atoms with Crippen molar-refractivity contribution < 1.29 is 14.5 Å². The molecule has 0 amide bonds. The molecule has 30 heavy (non-hydrogen) atoms. The van der Waals surface area contributed by atoms with E-state index in [1.807, 2.05) is 78.2 Å². The van der Waals surface area contributed by atoms with Crippen molar-refractivity contribution in [2.24, 2.45) is 0 Å². The lowest BCUT2D eigenvalue weighted by atomic mass is 9.84. The highest BCUT2D eigenvalue weighted by atomic mass is 16.4. The van der Waals surface area contributed by atoms with Crippen LogP contribution in [0.4, 0.5) is 0 Å². The van der Waals surface area contributed by atoms with E-state index in [4.69, 9.17) is 0 Å². The summed E-state index contributed by atoms with van der Waals surface area (Å²) in [5.74, 6) is -1.18. The lowest BCUT2D eigenvalue weighted by Crippen LogP contribution is -2.46. The van der Waals surface area contributed by atoms with Crippen molar-refractivity contribution >= 4 is 5.97 Å². The molecule has 5 rings (SSSR count). The first-order valence-electron chi connectivity index (χ1n) is 10.2. The Kier molecular flexibility index (Phi) is 4.44. The van der Waals surface area contributed by atoms with E-state index < -0.39 is 5.97 Å². The van der Waals surface area contributed by atoms with Crippen molar-refractivity contribution in [1.29, 1.82) is 0 Å². The summed E-state index contributed by atoms with van der Waals surface area (Å²) in [6.45, 7) is 2.03. The van der Waals surface area contributed by atoms with Gasteiger partial charge in [-0.1, -0.05) is 66.2 Å². The number of benzene rings is 3. The first kappa shape index (κ1) is 18.3. The molecule has 1 aromatic heterocycles. The molecule has 0 bridgehead atoms. The van der Waals surface area contributed by atoms with Gasteiger partial charge in [-0.15, -0.1) is 0 Å². The molecule has 0 fully saturated rings. The number of aryl methyl sites for hydroxylation is 2. The number of rotatable bonds is 3. The van der Waals surface area contributed by atoms with Gasteiger partial charge in [0.2, 0.25) is 17.1 Å². The molecular weight excluding hydrogens is 370 g/mol. The number of carbonyl (C=O) groups is 1. The van der Waals surface area contributed by atoms with E-state index >= 15 is 0 Å². The van der Waals surface area contributed by atoms with E-state index in [9.17, 15) is 9.90 Å². The third kappa shape index (κ3) is 3.00. The van der Waals surface area contributed by atoms with Crippen LogP contribution in [0.15, 0.2) is 84.9 Å². The molecule has 0 saturated heterocycles. The third-order valence-corrected chi connectivity index (χ3v) is 5.86. The quantitative estimate of drug-likeness (QED) is 0.494. The Balaban J connectivity index is 1.92. The summed E-state index contributed by atoms with van der Waals surface area (Å²) in [6, 6.07) is 28.0. The summed E-state index contributed by atoms with van der Waals surface area (Å²) < 4.78 is 1.86. The van der Waals surface area contributed by atoms with Crippen LogP contribution >= 0.6 is 0 Å². The zero-order chi connectivity index (χ0) is 20.7. The maximum atomic E-state index is 12.3. The topological polar surface area (TPSA) is 44.0 Å². The molecule has 0 N–H and O–H groups in total. The fourth-order valence-electron chi connectivity index (χ4n) is 4.42. The van der Waals surface area contributed by atoms with Crippen molar-refractivity contribution in [1.82, 2.24) is 0 Å². The van der Waals surface area contributed by atoms with Crippen LogP contribution < -0.4 is 9.67 Å². The number of nitrogens with zero attached hydrogens (tertiary/aromatic N) is 1. The van der Waals surface area contributed by atoms with Crippen LogP contribution in [0.1, 0.15) is 27.2 Å². The highest BCUT2D eigenvalue weighted by Crippen LogP contribution is 2.38. The van der Waals surface area contributed by atoms with E-state index in [-0.39, 0.29) is 5.69 Å². The Hall–Kier alpha value is -3.72. The molecule has 0 unspecified atom stereocenters. The Labute approximate surface area is 175 Å². The second-order valence-corrected chi connectivity index (χ2v) is 7.75. The SMILES string of the molecule is Cc1ccc(-[n+]2c(C(=O)[O-])cc(-c3ccccc3)c3c2-c2ccccc2CC3)cc1. The van der Waals surface area contributed by atoms with Crippen molar-refractivity contribution in [3.63, 3.8) is 0 Å². The number of carbonyl (C=O) groups excluding carboxylic acids is 1. The van der Waals surface area contributed by atoms with Gasteiger partial charge in [0, 0.05) is 23.8 Å². The summed E-state index contributed by atoms with van der Waals surface area (Å²) in [4.78, 5) is 12.3. The van der Waals surface area contributed by atoms with E-state index in [0.29, 0.717) is 0 Å². The molecule has 0 spiro atoms. The summed E-state index contributed by atoms with van der Waals surface area (Å²) in [6.07, 6.45) is 1.79. The number of aromatic nitrogens is 1. The van der Waals surface area contributed by atoms with Gasteiger partial charge in [0.25, 0.3) is 0 Å². The molecular formula is C27H21NO2. The molecule has 0 radical (unpaired) electrons. The predicted octanol–water partition coefficient (Wildman–Crippen LogP) is 4.07. The number of pyridine rings is 1. The van der Waals surface area contributed by atoms with Gasteiger partial charge >= 0.3 is 0 Å². The first-order valence-corrected chi connectivity index (χ1v) is 10.2. The number of hydrogen-bond acceptors (Lipinski definition) is 2. The highest BCUT2D eigenvalue weighted by molar-refractivity contribution is 5.87. The smallest absolute Gasteiger partial charge is 0.235 e. The molecule has 0 atom stereocenters. The largest absolute Gasteiger partial charge is 0.539 e. The van der Waals surface area contributed by atoms with Gasteiger partial charge in [0.1, 0.15) is 5.97 Å². The summed E-state index contributed by atoms with van der Waals surface area (Å²) >= 11 is 0. The number of hydrogen-bond donors (Lipinski definition) is 0. The van der Waals surface area contributed by atoms with Gasteiger partial charge in [0.15, 0.2) is 0 Å². The number of aromatic carboxylic acids is 1. The van der Waals surface area contributed by atoms with Crippen LogP contribution in [0.25, 0.3) is 28.1 Å². The van der Waals surface area contributed by atoms with Crippen LogP contribution in [0.2, 0.25) is 0 Å². The van der Waals surface area contributed by atoms with Crippen molar-refractivity contribution in [2.75, 3.05) is 0 Å². The predicted molar refractivity (Wildman–Crippen MR) is 115 cm³/mol. The van der Waals surface area contributed by atoms with Crippen LogP contribution in [-0.4, -0.2) is 5.97 Å². The van der Waals surface area contributed by atoms with Crippen molar-refractivity contribution in [2.45, 2.75) is 19.8 Å². The number of carboxylic acids is 1.